The molecule has 0 fully saturated rings. The van der Waals surface area contributed by atoms with Gasteiger partial charge in [0.15, 0.2) is 5.76 Å². The summed E-state index contributed by atoms with van der Waals surface area (Å²) < 4.78 is 5.14. The van der Waals surface area contributed by atoms with Gasteiger partial charge in [-0.15, -0.1) is 0 Å². The van der Waals surface area contributed by atoms with Crippen LogP contribution < -0.4 is 10.9 Å². The quantitative estimate of drug-likeness (QED) is 0.781. The minimum absolute atomic E-state index is 0.0865. The van der Waals surface area contributed by atoms with Crippen LogP contribution >= 0.6 is 0 Å². The minimum Gasteiger partial charge on any atom is -0.463 e. The Kier molecular flexibility index (Phi) is 4.39. The zero-order valence-corrected chi connectivity index (χ0v) is 10.6. The van der Waals surface area contributed by atoms with Crippen molar-refractivity contribution < 1.29 is 9.21 Å². The van der Waals surface area contributed by atoms with E-state index in [2.05, 4.69) is 17.4 Å². The highest BCUT2D eigenvalue weighted by molar-refractivity contribution is 5.77. The number of rotatable bonds is 6. The molecular weight excluding hydrogens is 240 g/mol. The number of carbonyl (C=O) groups excluding carboxylic acids is 1. The van der Waals surface area contributed by atoms with E-state index in [4.69, 9.17) is 4.42 Å². The number of hydrazine groups is 1. The number of amides is 1. The van der Waals surface area contributed by atoms with Crippen LogP contribution in [0.3, 0.4) is 0 Å². The third-order valence-corrected chi connectivity index (χ3v) is 2.65. The van der Waals surface area contributed by atoms with E-state index in [1.165, 1.54) is 0 Å². The van der Waals surface area contributed by atoms with E-state index in [0.29, 0.717) is 24.3 Å². The van der Waals surface area contributed by atoms with Gasteiger partial charge < -0.3 is 4.42 Å². The fourth-order valence-electron chi connectivity index (χ4n) is 1.62. The Labute approximate surface area is 112 Å². The van der Waals surface area contributed by atoms with E-state index in [1.807, 2.05) is 30.3 Å². The molecular formula is C15H16N2O2. The Hall–Kier alpha value is -2.49. The van der Waals surface area contributed by atoms with Gasteiger partial charge in [-0.25, -0.2) is 0 Å². The summed E-state index contributed by atoms with van der Waals surface area (Å²) in [4.78, 5) is 11.6. The Bertz CT molecular complexity index is 533. The Morgan fingerprint density at radius 2 is 1.89 bits per heavy atom. The van der Waals surface area contributed by atoms with Gasteiger partial charge in [-0.05, 0) is 24.1 Å². The van der Waals surface area contributed by atoms with E-state index in [9.17, 15) is 4.79 Å². The molecule has 0 saturated heterocycles. The van der Waals surface area contributed by atoms with Crippen molar-refractivity contribution in [2.45, 2.75) is 12.8 Å². The van der Waals surface area contributed by atoms with E-state index in [1.54, 1.807) is 18.4 Å². The van der Waals surface area contributed by atoms with Gasteiger partial charge in [-0.3, -0.25) is 15.6 Å². The second-order valence-electron chi connectivity index (χ2n) is 4.11. The molecule has 2 N–H and O–H groups in total. The molecule has 0 aliphatic carbocycles. The van der Waals surface area contributed by atoms with Crippen LogP contribution in [0.1, 0.15) is 17.7 Å². The largest absolute Gasteiger partial charge is 0.463 e. The molecule has 4 heteroatoms. The van der Waals surface area contributed by atoms with Crippen LogP contribution in [0.2, 0.25) is 0 Å². The maximum Gasteiger partial charge on any atom is 0.238 e. The normalized spacial score (nSPS) is 9.89. The highest BCUT2D eigenvalue weighted by Crippen LogP contribution is 2.08. The lowest BCUT2D eigenvalue weighted by atomic mass is 10.1. The summed E-state index contributed by atoms with van der Waals surface area (Å²) in [5.74, 6) is 0.514. The number of aryl methyl sites for hydroxylation is 1. The highest BCUT2D eigenvalue weighted by atomic mass is 16.3. The van der Waals surface area contributed by atoms with Gasteiger partial charge in [0.2, 0.25) is 5.91 Å². The lowest BCUT2D eigenvalue weighted by molar-refractivity contribution is -0.121. The van der Waals surface area contributed by atoms with Crippen molar-refractivity contribution in [2.24, 2.45) is 0 Å². The van der Waals surface area contributed by atoms with Gasteiger partial charge >= 0.3 is 0 Å². The third-order valence-electron chi connectivity index (χ3n) is 2.65. The number of hydrogen-bond acceptors (Lipinski definition) is 3. The summed E-state index contributed by atoms with van der Waals surface area (Å²) in [5, 5.41) is 0. The van der Waals surface area contributed by atoms with Crippen molar-refractivity contribution in [1.29, 1.82) is 0 Å². The molecule has 4 nitrogen and oxygen atoms in total. The molecule has 0 atom stereocenters. The molecule has 0 bridgehead atoms. The van der Waals surface area contributed by atoms with Gasteiger partial charge in [0.25, 0.3) is 0 Å². The van der Waals surface area contributed by atoms with Crippen molar-refractivity contribution >= 4 is 11.6 Å². The fraction of sp³-hybridized carbons (Fsp3) is 0.133. The number of carbonyl (C=O) groups is 1. The first-order valence-corrected chi connectivity index (χ1v) is 6.07. The monoisotopic (exact) mass is 256 g/mol. The number of benzene rings is 1. The fourth-order valence-corrected chi connectivity index (χ4v) is 1.62. The molecule has 1 aromatic heterocycles. The molecule has 0 saturated carbocycles. The van der Waals surface area contributed by atoms with Gasteiger partial charge in [-0.2, -0.15) is 0 Å². The van der Waals surface area contributed by atoms with Crippen LogP contribution in [0, 0.1) is 0 Å². The van der Waals surface area contributed by atoms with Gasteiger partial charge in [0, 0.05) is 6.42 Å². The van der Waals surface area contributed by atoms with Crippen molar-refractivity contribution in [2.75, 3.05) is 0 Å². The molecule has 2 rings (SSSR count). The maximum atomic E-state index is 11.6. The zero-order valence-electron chi connectivity index (χ0n) is 10.6. The Balaban J connectivity index is 1.72. The van der Waals surface area contributed by atoms with Gasteiger partial charge in [0.1, 0.15) is 0 Å². The second kappa shape index (κ2) is 6.44. The summed E-state index contributed by atoms with van der Waals surface area (Å²) in [7, 11) is 0. The standard InChI is InChI=1S/C15H16N2O2/c1-12(14-8-5-11-19-14)16-17-15(18)10-9-13-6-3-2-4-7-13/h2-8,11,16H,1,9-10H2,(H,17,18). The molecule has 1 heterocycles. The van der Waals surface area contributed by atoms with Crippen molar-refractivity contribution in [1.82, 2.24) is 10.9 Å². The Morgan fingerprint density at radius 3 is 2.58 bits per heavy atom. The van der Waals surface area contributed by atoms with Crippen LogP contribution in [0.5, 0.6) is 0 Å². The number of furan rings is 1. The summed E-state index contributed by atoms with van der Waals surface area (Å²) in [6.45, 7) is 3.77. The summed E-state index contributed by atoms with van der Waals surface area (Å²) in [5.41, 5.74) is 6.99. The third kappa shape index (κ3) is 4.03. The SMILES string of the molecule is C=C(NNC(=O)CCc1ccccc1)c1ccco1. The second-order valence-corrected chi connectivity index (χ2v) is 4.11. The molecule has 0 radical (unpaired) electrons. The molecule has 1 aromatic carbocycles. The molecule has 0 unspecified atom stereocenters. The predicted octanol–water partition coefficient (Wildman–Crippen LogP) is 2.50. The lowest BCUT2D eigenvalue weighted by Crippen LogP contribution is -2.35. The number of hydrogen-bond donors (Lipinski definition) is 2. The van der Waals surface area contributed by atoms with Gasteiger partial charge in [0.05, 0.1) is 12.0 Å². The van der Waals surface area contributed by atoms with E-state index < -0.39 is 0 Å². The minimum atomic E-state index is -0.0865. The van der Waals surface area contributed by atoms with Gasteiger partial charge in [-0.1, -0.05) is 36.9 Å². The van der Waals surface area contributed by atoms with Crippen LogP contribution in [0.4, 0.5) is 0 Å². The van der Waals surface area contributed by atoms with Crippen molar-refractivity contribution in [3.05, 3.63) is 66.6 Å². The predicted molar refractivity (Wildman–Crippen MR) is 73.8 cm³/mol. The van der Waals surface area contributed by atoms with Crippen molar-refractivity contribution in [3.8, 4) is 0 Å². The van der Waals surface area contributed by atoms with Crippen LogP contribution in [-0.2, 0) is 11.2 Å². The maximum absolute atomic E-state index is 11.6. The summed E-state index contributed by atoms with van der Waals surface area (Å²) >= 11 is 0. The zero-order chi connectivity index (χ0) is 13.5. The van der Waals surface area contributed by atoms with E-state index in [0.717, 1.165) is 5.56 Å². The molecule has 19 heavy (non-hydrogen) atoms. The molecule has 0 aliphatic heterocycles. The summed E-state index contributed by atoms with van der Waals surface area (Å²) in [6, 6.07) is 13.4. The average molecular weight is 256 g/mol. The van der Waals surface area contributed by atoms with Crippen molar-refractivity contribution in [3.63, 3.8) is 0 Å². The summed E-state index contributed by atoms with van der Waals surface area (Å²) in [6.07, 6.45) is 2.68. The molecule has 2 aromatic rings. The highest BCUT2D eigenvalue weighted by Gasteiger charge is 2.04. The van der Waals surface area contributed by atoms with Crippen LogP contribution in [0.25, 0.3) is 5.70 Å². The first-order chi connectivity index (χ1) is 9.25. The first-order valence-electron chi connectivity index (χ1n) is 6.07. The lowest BCUT2D eigenvalue weighted by Gasteiger charge is -2.09. The molecule has 0 aliphatic rings. The molecule has 1 amide bonds. The van der Waals surface area contributed by atoms with E-state index >= 15 is 0 Å². The Morgan fingerprint density at radius 1 is 1.11 bits per heavy atom. The van der Waals surface area contributed by atoms with Crippen LogP contribution in [-0.4, -0.2) is 5.91 Å². The van der Waals surface area contributed by atoms with E-state index in [-0.39, 0.29) is 5.91 Å². The first kappa shape index (κ1) is 13.0. The number of nitrogens with one attached hydrogen (secondary N) is 2. The molecule has 0 spiro atoms. The smallest absolute Gasteiger partial charge is 0.238 e. The van der Waals surface area contributed by atoms with Crippen LogP contribution in [0.15, 0.2) is 59.7 Å². The average Bonchev–Trinajstić information content (AvgIpc) is 2.98. The molecule has 98 valence electrons. The topological polar surface area (TPSA) is 54.3 Å².